The molecule has 0 atom stereocenters. The fourth-order valence-electron chi connectivity index (χ4n) is 4.03. The van der Waals surface area contributed by atoms with Crippen LogP contribution in [-0.2, 0) is 16.3 Å². The molecule has 3 heterocycles. The molecule has 1 aliphatic rings. The van der Waals surface area contributed by atoms with E-state index in [0.29, 0.717) is 23.3 Å². The third kappa shape index (κ3) is 3.76. The summed E-state index contributed by atoms with van der Waals surface area (Å²) >= 11 is 0. The van der Waals surface area contributed by atoms with Crippen molar-refractivity contribution in [3.63, 3.8) is 0 Å². The quantitative estimate of drug-likeness (QED) is 0.504. The number of aromatic nitrogens is 2. The number of imidazole rings is 1. The summed E-state index contributed by atoms with van der Waals surface area (Å²) in [6.07, 6.45) is 3.42. The third-order valence-corrected chi connectivity index (χ3v) is 6.54. The van der Waals surface area contributed by atoms with Crippen molar-refractivity contribution in [1.29, 1.82) is 0 Å². The van der Waals surface area contributed by atoms with Gasteiger partial charge in [0.25, 0.3) is 11.8 Å². The summed E-state index contributed by atoms with van der Waals surface area (Å²) < 4.78 is 25.5. The van der Waals surface area contributed by atoms with E-state index in [0.717, 1.165) is 23.9 Å². The molecule has 0 fully saturated rings. The second-order valence-electron chi connectivity index (χ2n) is 7.84. The first-order chi connectivity index (χ1) is 15.8. The normalized spacial score (nSPS) is 13.2. The van der Waals surface area contributed by atoms with E-state index in [1.54, 1.807) is 53.6 Å². The van der Waals surface area contributed by atoms with Crippen LogP contribution < -0.4 is 10.2 Å². The Morgan fingerprint density at radius 3 is 2.45 bits per heavy atom. The minimum Gasteiger partial charge on any atom is -0.321 e. The van der Waals surface area contributed by atoms with Crippen LogP contribution in [0.5, 0.6) is 0 Å². The van der Waals surface area contributed by atoms with E-state index in [1.165, 1.54) is 4.40 Å². The maximum Gasteiger partial charge on any atom is 0.276 e. The van der Waals surface area contributed by atoms with Gasteiger partial charge in [0.05, 0.1) is 5.52 Å². The number of sulfone groups is 1. The molecule has 0 unspecified atom stereocenters. The van der Waals surface area contributed by atoms with Gasteiger partial charge in [0.1, 0.15) is 0 Å². The Morgan fingerprint density at radius 1 is 0.970 bits per heavy atom. The molecule has 0 saturated carbocycles. The van der Waals surface area contributed by atoms with Crippen LogP contribution in [0.2, 0.25) is 0 Å². The fourth-order valence-corrected chi connectivity index (χ4v) is 4.80. The zero-order valence-electron chi connectivity index (χ0n) is 17.7. The summed E-state index contributed by atoms with van der Waals surface area (Å²) in [5, 5.41) is 2.53. The molecule has 2 amide bonds. The van der Waals surface area contributed by atoms with E-state index in [9.17, 15) is 18.0 Å². The van der Waals surface area contributed by atoms with Gasteiger partial charge in [-0.2, -0.15) is 0 Å². The molecule has 0 radical (unpaired) electrons. The Hall–Kier alpha value is -3.98. The van der Waals surface area contributed by atoms with Gasteiger partial charge in [0, 0.05) is 35.9 Å². The van der Waals surface area contributed by atoms with Crippen molar-refractivity contribution >= 4 is 38.5 Å². The second kappa shape index (κ2) is 7.86. The molecule has 8 nitrogen and oxygen atoms in total. The van der Waals surface area contributed by atoms with E-state index >= 15 is 0 Å². The molecule has 2 aromatic heterocycles. The summed E-state index contributed by atoms with van der Waals surface area (Å²) in [7, 11) is -3.63. The van der Waals surface area contributed by atoms with Gasteiger partial charge in [-0.25, -0.2) is 13.4 Å². The van der Waals surface area contributed by atoms with E-state index in [2.05, 4.69) is 10.3 Å². The third-order valence-electron chi connectivity index (χ3n) is 5.58. The highest BCUT2D eigenvalue weighted by molar-refractivity contribution is 7.90. The second-order valence-corrected chi connectivity index (χ2v) is 9.75. The molecule has 0 aliphatic carbocycles. The van der Waals surface area contributed by atoms with Crippen molar-refractivity contribution in [3.8, 4) is 0 Å². The molecular formula is C24H20N4O4S. The minimum atomic E-state index is -3.63. The molecule has 5 rings (SSSR count). The highest BCUT2D eigenvalue weighted by Crippen LogP contribution is 2.29. The van der Waals surface area contributed by atoms with E-state index in [-0.39, 0.29) is 16.8 Å². The Kier molecular flexibility index (Phi) is 4.98. The lowest BCUT2D eigenvalue weighted by atomic mass is 10.1. The van der Waals surface area contributed by atoms with Gasteiger partial charge in [-0.3, -0.25) is 14.0 Å². The number of benzene rings is 2. The maximum absolute atomic E-state index is 13.0. The largest absolute Gasteiger partial charge is 0.321 e. The van der Waals surface area contributed by atoms with Crippen molar-refractivity contribution in [2.45, 2.75) is 11.6 Å². The van der Waals surface area contributed by atoms with Crippen molar-refractivity contribution in [2.24, 2.45) is 0 Å². The fraction of sp³-hybridized carbons (Fsp3) is 0.125. The molecule has 2 aromatic carbocycles. The van der Waals surface area contributed by atoms with Crippen molar-refractivity contribution < 1.29 is 18.0 Å². The standard InChI is InChI=1S/C24H20N4O4S/c1-33(31,32)24-26-21(20-8-4-5-14-28(20)24)22(29)25-18-11-9-17(10-12-18)23(30)27-15-13-16-6-2-3-7-19(16)27/h2-12,14H,13,15H2,1H3,(H,25,29). The predicted molar refractivity (Wildman–Crippen MR) is 125 cm³/mol. The van der Waals surface area contributed by atoms with Gasteiger partial charge in [-0.15, -0.1) is 0 Å². The lowest BCUT2D eigenvalue weighted by molar-refractivity contribution is 0.0988. The van der Waals surface area contributed by atoms with Crippen LogP contribution in [0.25, 0.3) is 5.52 Å². The molecule has 33 heavy (non-hydrogen) atoms. The Bertz CT molecular complexity index is 1510. The first-order valence-electron chi connectivity index (χ1n) is 10.3. The van der Waals surface area contributed by atoms with Crippen LogP contribution in [-0.4, -0.2) is 42.4 Å². The zero-order chi connectivity index (χ0) is 23.2. The zero-order valence-corrected chi connectivity index (χ0v) is 18.5. The average Bonchev–Trinajstić information content (AvgIpc) is 3.41. The summed E-state index contributed by atoms with van der Waals surface area (Å²) in [6, 6.07) is 19.4. The van der Waals surface area contributed by atoms with Crippen molar-refractivity contribution in [2.75, 3.05) is 23.0 Å². The Morgan fingerprint density at radius 2 is 1.70 bits per heavy atom. The van der Waals surface area contributed by atoms with Crippen LogP contribution >= 0.6 is 0 Å². The molecule has 0 spiro atoms. The molecule has 1 N–H and O–H groups in total. The topological polar surface area (TPSA) is 101 Å². The lowest BCUT2D eigenvalue weighted by Gasteiger charge is -2.17. The molecule has 9 heteroatoms. The van der Waals surface area contributed by atoms with E-state index < -0.39 is 15.7 Å². The number of hydrogen-bond donors (Lipinski definition) is 1. The Balaban J connectivity index is 1.37. The van der Waals surface area contributed by atoms with Crippen LogP contribution in [0.1, 0.15) is 26.4 Å². The van der Waals surface area contributed by atoms with Gasteiger partial charge in [0.2, 0.25) is 15.0 Å². The van der Waals surface area contributed by atoms with Crippen molar-refractivity contribution in [3.05, 3.63) is 89.7 Å². The predicted octanol–water partition coefficient (Wildman–Crippen LogP) is 3.19. The summed E-state index contributed by atoms with van der Waals surface area (Å²) in [5.74, 6) is -0.642. The highest BCUT2D eigenvalue weighted by Gasteiger charge is 2.26. The first kappa shape index (κ1) is 20.9. The Labute approximate surface area is 190 Å². The molecule has 0 saturated heterocycles. The van der Waals surface area contributed by atoms with Crippen LogP contribution in [0.15, 0.2) is 78.1 Å². The number of para-hydroxylation sites is 1. The summed E-state index contributed by atoms with van der Waals surface area (Å²) in [4.78, 5) is 31.7. The average molecular weight is 461 g/mol. The first-order valence-corrected chi connectivity index (χ1v) is 12.2. The number of amides is 2. The van der Waals surface area contributed by atoms with Gasteiger partial charge in [-0.05, 0) is 54.4 Å². The summed E-state index contributed by atoms with van der Waals surface area (Å²) in [5.41, 5.74) is 3.44. The molecule has 166 valence electrons. The number of carbonyl (C=O) groups excluding carboxylic acids is 2. The summed E-state index contributed by atoms with van der Waals surface area (Å²) in [6.45, 7) is 0.632. The molecular weight excluding hydrogens is 440 g/mol. The van der Waals surface area contributed by atoms with Crippen LogP contribution in [0.3, 0.4) is 0 Å². The number of hydrogen-bond acceptors (Lipinski definition) is 5. The smallest absolute Gasteiger partial charge is 0.276 e. The SMILES string of the molecule is CS(=O)(=O)c1nc(C(=O)Nc2ccc(C(=O)N3CCc4ccccc43)cc2)c2ccccn12. The van der Waals surface area contributed by atoms with Crippen LogP contribution in [0.4, 0.5) is 11.4 Å². The van der Waals surface area contributed by atoms with Gasteiger partial charge in [-0.1, -0.05) is 24.3 Å². The monoisotopic (exact) mass is 460 g/mol. The molecule has 1 aliphatic heterocycles. The van der Waals surface area contributed by atoms with E-state index in [4.69, 9.17) is 0 Å². The molecule has 4 aromatic rings. The van der Waals surface area contributed by atoms with Crippen LogP contribution in [0, 0.1) is 0 Å². The van der Waals surface area contributed by atoms with Gasteiger partial charge >= 0.3 is 0 Å². The van der Waals surface area contributed by atoms with Gasteiger partial charge < -0.3 is 10.2 Å². The number of pyridine rings is 1. The van der Waals surface area contributed by atoms with Gasteiger partial charge in [0.15, 0.2) is 5.69 Å². The number of rotatable bonds is 4. The highest BCUT2D eigenvalue weighted by atomic mass is 32.2. The molecule has 0 bridgehead atoms. The lowest BCUT2D eigenvalue weighted by Crippen LogP contribution is -2.28. The number of anilines is 2. The van der Waals surface area contributed by atoms with Crippen molar-refractivity contribution in [1.82, 2.24) is 9.38 Å². The minimum absolute atomic E-state index is 0.00449. The van der Waals surface area contributed by atoms with E-state index in [1.807, 2.05) is 24.3 Å². The number of fused-ring (bicyclic) bond motifs is 2. The number of carbonyl (C=O) groups is 2. The number of nitrogens with zero attached hydrogens (tertiary/aromatic N) is 3. The maximum atomic E-state index is 13.0. The number of nitrogens with one attached hydrogen (secondary N) is 1.